The first-order chi connectivity index (χ1) is 6.83. The molecule has 0 radical (unpaired) electrons. The van der Waals surface area contributed by atoms with E-state index in [9.17, 15) is 0 Å². The van der Waals surface area contributed by atoms with Gasteiger partial charge in [0.15, 0.2) is 7.05 Å². The van der Waals surface area contributed by atoms with Crippen LogP contribution in [-0.4, -0.2) is 4.68 Å². The number of hydrogen-bond acceptors (Lipinski definition) is 0. The molecule has 0 amide bonds. The number of benzene rings is 1. The van der Waals surface area contributed by atoms with Crippen LogP contribution in [0.1, 0.15) is 19.8 Å². The van der Waals surface area contributed by atoms with Gasteiger partial charge in [0, 0.05) is 0 Å². The van der Waals surface area contributed by atoms with E-state index in [1.54, 1.807) is 0 Å². The largest absolute Gasteiger partial charge is 0.203 e. The molecule has 0 unspecified atom stereocenters. The quantitative estimate of drug-likeness (QED) is 0.655. The molecule has 1 aromatic heterocycles. The molecule has 0 aliphatic carbocycles. The van der Waals surface area contributed by atoms with Crippen LogP contribution in [0, 0.1) is 0 Å². The average molecular weight is 189 g/mol. The highest BCUT2D eigenvalue weighted by Crippen LogP contribution is 2.11. The summed E-state index contributed by atoms with van der Waals surface area (Å²) in [6.45, 7) is 3.34. The highest BCUT2D eigenvalue weighted by Gasteiger charge is 2.09. The first kappa shape index (κ1) is 9.25. The van der Waals surface area contributed by atoms with Crippen molar-refractivity contribution in [3.8, 4) is 0 Å². The molecule has 0 fully saturated rings. The maximum Gasteiger partial charge on any atom is 0.203 e. The number of aromatic nitrogens is 2. The van der Waals surface area contributed by atoms with E-state index < -0.39 is 0 Å². The Kier molecular flexibility index (Phi) is 2.53. The van der Waals surface area contributed by atoms with E-state index in [0.29, 0.717) is 0 Å². The molecule has 0 atom stereocenters. The van der Waals surface area contributed by atoms with Crippen LogP contribution in [0.25, 0.3) is 10.9 Å². The molecular weight excluding hydrogens is 172 g/mol. The summed E-state index contributed by atoms with van der Waals surface area (Å²) in [5.41, 5.74) is 1.34. The van der Waals surface area contributed by atoms with Crippen LogP contribution in [0.5, 0.6) is 0 Å². The Morgan fingerprint density at radius 2 is 2.07 bits per heavy atom. The van der Waals surface area contributed by atoms with Crippen molar-refractivity contribution in [3.05, 3.63) is 30.5 Å². The van der Waals surface area contributed by atoms with Gasteiger partial charge in [-0.3, -0.25) is 0 Å². The third-order valence-electron chi connectivity index (χ3n) is 2.65. The van der Waals surface area contributed by atoms with Crippen molar-refractivity contribution in [2.45, 2.75) is 26.3 Å². The van der Waals surface area contributed by atoms with Gasteiger partial charge in [-0.2, -0.15) is 4.68 Å². The maximum absolute atomic E-state index is 2.33. The van der Waals surface area contributed by atoms with E-state index in [0.717, 1.165) is 6.54 Å². The normalized spacial score (nSPS) is 11.0. The standard InChI is InChI=1S/C12H17N2/c1-3-4-9-14-12-8-6-5-7-11(12)10-13(14)2/h5-8,10H,3-4,9H2,1-2H3/q+1. The first-order valence-electron chi connectivity index (χ1n) is 5.27. The fourth-order valence-corrected chi connectivity index (χ4v) is 1.86. The van der Waals surface area contributed by atoms with E-state index >= 15 is 0 Å². The minimum absolute atomic E-state index is 1.11. The lowest BCUT2D eigenvalue weighted by atomic mass is 10.2. The van der Waals surface area contributed by atoms with E-state index in [1.165, 1.54) is 23.7 Å². The Morgan fingerprint density at radius 3 is 2.86 bits per heavy atom. The van der Waals surface area contributed by atoms with Gasteiger partial charge in [0.2, 0.25) is 6.20 Å². The summed E-state index contributed by atoms with van der Waals surface area (Å²) in [5, 5.41) is 1.33. The van der Waals surface area contributed by atoms with Crippen LogP contribution in [-0.2, 0) is 13.6 Å². The molecule has 0 spiro atoms. The fourth-order valence-electron chi connectivity index (χ4n) is 1.86. The molecule has 1 heterocycles. The number of hydrogen-bond donors (Lipinski definition) is 0. The van der Waals surface area contributed by atoms with E-state index in [4.69, 9.17) is 0 Å². The van der Waals surface area contributed by atoms with Crippen molar-refractivity contribution < 1.29 is 4.68 Å². The molecule has 1 aromatic carbocycles. The predicted molar refractivity (Wildman–Crippen MR) is 58.0 cm³/mol. The smallest absolute Gasteiger partial charge is 0.153 e. The summed E-state index contributed by atoms with van der Waals surface area (Å²) in [7, 11) is 2.11. The van der Waals surface area contributed by atoms with Crippen molar-refractivity contribution in [1.29, 1.82) is 0 Å². The predicted octanol–water partition coefficient (Wildman–Crippen LogP) is 2.27. The van der Waals surface area contributed by atoms with Crippen LogP contribution >= 0.6 is 0 Å². The average Bonchev–Trinajstić information content (AvgIpc) is 2.51. The van der Waals surface area contributed by atoms with E-state index in [-0.39, 0.29) is 0 Å². The summed E-state index contributed by atoms with van der Waals surface area (Å²) >= 11 is 0. The summed E-state index contributed by atoms with van der Waals surface area (Å²) in [6, 6.07) is 8.54. The molecule has 0 bridgehead atoms. The maximum atomic E-state index is 2.33. The highest BCUT2D eigenvalue weighted by molar-refractivity contribution is 5.77. The van der Waals surface area contributed by atoms with Crippen molar-refractivity contribution in [2.75, 3.05) is 0 Å². The van der Waals surface area contributed by atoms with Crippen molar-refractivity contribution >= 4 is 10.9 Å². The minimum Gasteiger partial charge on any atom is -0.153 e. The second kappa shape index (κ2) is 3.82. The fraction of sp³-hybridized carbons (Fsp3) is 0.417. The Labute approximate surface area is 84.8 Å². The van der Waals surface area contributed by atoms with Gasteiger partial charge in [0.05, 0.1) is 11.9 Å². The summed E-state index contributed by atoms with van der Waals surface area (Å²) < 4.78 is 4.51. The zero-order valence-corrected chi connectivity index (χ0v) is 8.90. The molecule has 0 aliphatic rings. The summed E-state index contributed by atoms with van der Waals surface area (Å²) in [4.78, 5) is 0. The lowest BCUT2D eigenvalue weighted by Crippen LogP contribution is -2.38. The third-order valence-corrected chi connectivity index (χ3v) is 2.65. The molecule has 0 saturated carbocycles. The first-order valence-corrected chi connectivity index (χ1v) is 5.27. The molecule has 0 saturated heterocycles. The lowest BCUT2D eigenvalue weighted by molar-refractivity contribution is -0.751. The topological polar surface area (TPSA) is 8.81 Å². The number of para-hydroxylation sites is 1. The molecule has 0 N–H and O–H groups in total. The van der Waals surface area contributed by atoms with Gasteiger partial charge in [0.25, 0.3) is 0 Å². The van der Waals surface area contributed by atoms with Gasteiger partial charge in [-0.05, 0) is 18.6 Å². The van der Waals surface area contributed by atoms with E-state index in [2.05, 4.69) is 53.8 Å². The van der Waals surface area contributed by atoms with Crippen LogP contribution in [0.4, 0.5) is 0 Å². The monoisotopic (exact) mass is 189 g/mol. The van der Waals surface area contributed by atoms with Gasteiger partial charge >= 0.3 is 0 Å². The third kappa shape index (κ3) is 1.52. The van der Waals surface area contributed by atoms with E-state index in [1.807, 2.05) is 0 Å². The summed E-state index contributed by atoms with van der Waals surface area (Å²) in [5.74, 6) is 0. The number of aryl methyl sites for hydroxylation is 2. The number of fused-ring (bicyclic) bond motifs is 1. The van der Waals surface area contributed by atoms with Crippen molar-refractivity contribution in [2.24, 2.45) is 7.05 Å². The Bertz CT molecular complexity index is 429. The van der Waals surface area contributed by atoms with Crippen LogP contribution in [0.15, 0.2) is 30.5 Å². The van der Waals surface area contributed by atoms with Crippen molar-refractivity contribution in [1.82, 2.24) is 4.68 Å². The molecule has 2 rings (SSSR count). The molecule has 74 valence electrons. The summed E-state index contributed by atoms with van der Waals surface area (Å²) in [6.07, 6.45) is 4.67. The highest BCUT2D eigenvalue weighted by atomic mass is 15.4. The van der Waals surface area contributed by atoms with Crippen molar-refractivity contribution in [3.63, 3.8) is 0 Å². The minimum atomic E-state index is 1.11. The van der Waals surface area contributed by atoms with Crippen LogP contribution < -0.4 is 4.68 Å². The van der Waals surface area contributed by atoms with Gasteiger partial charge in [-0.25, -0.2) is 0 Å². The molecular formula is C12H17N2+. The van der Waals surface area contributed by atoms with Gasteiger partial charge in [0.1, 0.15) is 5.52 Å². The zero-order chi connectivity index (χ0) is 9.97. The van der Waals surface area contributed by atoms with Gasteiger partial charge < -0.3 is 0 Å². The SMILES string of the molecule is CCCCn1c2ccccc2c[n+]1C. The van der Waals surface area contributed by atoms with Crippen LogP contribution in [0.3, 0.4) is 0 Å². The number of unbranched alkanes of at least 4 members (excludes halogenated alkanes) is 1. The van der Waals surface area contributed by atoms with Crippen LogP contribution in [0.2, 0.25) is 0 Å². The molecule has 2 aromatic rings. The Morgan fingerprint density at radius 1 is 1.29 bits per heavy atom. The Balaban J connectivity index is 2.45. The molecule has 0 aliphatic heterocycles. The lowest BCUT2D eigenvalue weighted by Gasteiger charge is -1.99. The zero-order valence-electron chi connectivity index (χ0n) is 8.90. The Hall–Kier alpha value is -1.31. The van der Waals surface area contributed by atoms with Gasteiger partial charge in [-0.15, -0.1) is 4.68 Å². The molecule has 2 heteroatoms. The second-order valence-electron chi connectivity index (χ2n) is 3.74. The second-order valence-corrected chi connectivity index (χ2v) is 3.74. The van der Waals surface area contributed by atoms with Gasteiger partial charge in [-0.1, -0.05) is 25.5 Å². The number of rotatable bonds is 3. The molecule has 2 nitrogen and oxygen atoms in total. The number of nitrogens with zero attached hydrogens (tertiary/aromatic N) is 2. The molecule has 14 heavy (non-hydrogen) atoms.